The summed E-state index contributed by atoms with van der Waals surface area (Å²) in [6.07, 6.45) is 7.42. The van der Waals surface area contributed by atoms with Crippen LogP contribution in [0.25, 0.3) is 21.5 Å². The molecule has 160 valence electrons. The number of H-pyrrole nitrogens is 1. The number of aromatic amines is 1. The third kappa shape index (κ3) is 2.94. The lowest BCUT2D eigenvalue weighted by molar-refractivity contribution is 0.0677. The number of carbonyl (C=O) groups is 1. The Kier molecular flexibility index (Phi) is 4.22. The van der Waals surface area contributed by atoms with E-state index in [2.05, 4.69) is 20.1 Å². The molecule has 0 saturated carbocycles. The number of nitrogens with zero attached hydrogens (tertiary/aromatic N) is 5. The fourth-order valence-corrected chi connectivity index (χ4v) is 4.99. The Bertz CT molecular complexity index is 1460. The first-order valence-corrected chi connectivity index (χ1v) is 10.9. The van der Waals surface area contributed by atoms with Crippen LogP contribution in [0.15, 0.2) is 53.6 Å². The first kappa shape index (κ1) is 18.9. The van der Waals surface area contributed by atoms with Crippen molar-refractivity contribution >= 4 is 28.2 Å². The van der Waals surface area contributed by atoms with Crippen molar-refractivity contribution in [3.63, 3.8) is 0 Å². The Morgan fingerprint density at radius 3 is 3.03 bits per heavy atom. The van der Waals surface area contributed by atoms with Gasteiger partial charge >= 0.3 is 0 Å². The zero-order valence-corrected chi connectivity index (χ0v) is 17.8. The highest BCUT2D eigenvalue weighted by Gasteiger charge is 2.37. The predicted octanol–water partition coefficient (Wildman–Crippen LogP) is 3.94. The topological polar surface area (TPSA) is 92.8 Å². The summed E-state index contributed by atoms with van der Waals surface area (Å²) < 4.78 is 21.9. The van der Waals surface area contributed by atoms with Crippen LogP contribution in [0.5, 0.6) is 0 Å². The van der Waals surface area contributed by atoms with Crippen LogP contribution in [0, 0.1) is 5.82 Å². The monoisotopic (exact) mass is 448 g/mol. The van der Waals surface area contributed by atoms with Crippen molar-refractivity contribution in [2.24, 2.45) is 7.05 Å². The van der Waals surface area contributed by atoms with Crippen LogP contribution in [0.3, 0.4) is 0 Å². The van der Waals surface area contributed by atoms with Gasteiger partial charge in [-0.2, -0.15) is 5.10 Å². The minimum absolute atomic E-state index is 0.169. The lowest BCUT2D eigenvalue weighted by Crippen LogP contribution is -2.40. The van der Waals surface area contributed by atoms with E-state index in [1.54, 1.807) is 46.5 Å². The number of para-hydroxylation sites is 1. The zero-order chi connectivity index (χ0) is 21.8. The van der Waals surface area contributed by atoms with Crippen LogP contribution >= 0.6 is 11.3 Å². The summed E-state index contributed by atoms with van der Waals surface area (Å²) in [5.41, 5.74) is 2.68. The van der Waals surface area contributed by atoms with Crippen molar-refractivity contribution < 1.29 is 13.6 Å². The van der Waals surface area contributed by atoms with Crippen molar-refractivity contribution in [1.82, 2.24) is 29.6 Å². The average Bonchev–Trinajstić information content (AvgIpc) is 3.57. The van der Waals surface area contributed by atoms with E-state index < -0.39 is 11.9 Å². The van der Waals surface area contributed by atoms with Crippen molar-refractivity contribution in [1.29, 1.82) is 0 Å². The van der Waals surface area contributed by atoms with Gasteiger partial charge in [0.2, 0.25) is 0 Å². The highest BCUT2D eigenvalue weighted by atomic mass is 32.1. The third-order valence-electron chi connectivity index (χ3n) is 5.64. The molecule has 1 atom stereocenters. The number of furan rings is 1. The van der Waals surface area contributed by atoms with Gasteiger partial charge in [-0.3, -0.25) is 9.48 Å². The van der Waals surface area contributed by atoms with Gasteiger partial charge in [0.05, 0.1) is 24.4 Å². The smallest absolute Gasteiger partial charge is 0.266 e. The number of aromatic nitrogens is 5. The van der Waals surface area contributed by atoms with Crippen molar-refractivity contribution in [2.75, 3.05) is 6.54 Å². The van der Waals surface area contributed by atoms with Crippen molar-refractivity contribution in [3.8, 4) is 10.6 Å². The van der Waals surface area contributed by atoms with Crippen molar-refractivity contribution in [3.05, 3.63) is 77.0 Å². The molecule has 0 saturated heterocycles. The summed E-state index contributed by atoms with van der Waals surface area (Å²) in [5.74, 6) is -0.131. The molecule has 1 aliphatic heterocycles. The molecule has 0 aliphatic carbocycles. The minimum atomic E-state index is -0.562. The molecule has 0 bridgehead atoms. The maximum Gasteiger partial charge on any atom is 0.266 e. The van der Waals surface area contributed by atoms with Crippen LogP contribution in [0.4, 0.5) is 4.39 Å². The van der Waals surface area contributed by atoms with Crippen LogP contribution in [0.2, 0.25) is 0 Å². The number of halogens is 1. The summed E-state index contributed by atoms with van der Waals surface area (Å²) >= 11 is 1.31. The van der Waals surface area contributed by atoms with Crippen LogP contribution in [0.1, 0.15) is 32.9 Å². The first-order chi connectivity index (χ1) is 15.6. The highest BCUT2D eigenvalue weighted by molar-refractivity contribution is 7.16. The highest BCUT2D eigenvalue weighted by Crippen LogP contribution is 2.38. The minimum Gasteiger partial charge on any atom is -0.455 e. The summed E-state index contributed by atoms with van der Waals surface area (Å²) in [6.45, 7) is 0.471. The normalized spacial score (nSPS) is 15.9. The molecule has 1 N–H and O–H groups in total. The number of fused-ring (bicyclic) bond motifs is 2. The molecule has 5 aromatic rings. The Morgan fingerprint density at radius 1 is 1.31 bits per heavy atom. The van der Waals surface area contributed by atoms with Gasteiger partial charge in [0, 0.05) is 42.9 Å². The molecular formula is C22H17FN6O2S. The number of hydrogen-bond donors (Lipinski definition) is 1. The SMILES string of the molecule is Cn1cc(-c2ncc(C(=O)N3CCc4[nH]cnc4[C@H]3c3cc4cccc(F)c4o3)s2)cn1. The van der Waals surface area contributed by atoms with Gasteiger partial charge < -0.3 is 14.3 Å². The lowest BCUT2D eigenvalue weighted by atomic mass is 10.00. The van der Waals surface area contributed by atoms with Crippen LogP contribution in [-0.4, -0.2) is 42.1 Å². The zero-order valence-electron chi connectivity index (χ0n) is 16.9. The van der Waals surface area contributed by atoms with E-state index in [0.717, 1.165) is 16.3 Å². The Morgan fingerprint density at radius 2 is 2.22 bits per heavy atom. The summed E-state index contributed by atoms with van der Waals surface area (Å²) in [4.78, 5) is 27.8. The summed E-state index contributed by atoms with van der Waals surface area (Å²) in [6, 6.07) is 6.00. The van der Waals surface area contributed by atoms with Gasteiger partial charge in [0.25, 0.3) is 5.91 Å². The molecule has 5 heterocycles. The molecule has 6 rings (SSSR count). The molecule has 1 amide bonds. The quantitative estimate of drug-likeness (QED) is 0.451. The number of amides is 1. The van der Waals surface area contributed by atoms with Gasteiger partial charge in [-0.15, -0.1) is 11.3 Å². The molecule has 32 heavy (non-hydrogen) atoms. The number of aryl methyl sites for hydroxylation is 1. The number of thiazole rings is 1. The first-order valence-electron chi connectivity index (χ1n) is 10.0. The van der Waals surface area contributed by atoms with Crippen LogP contribution < -0.4 is 0 Å². The van der Waals surface area contributed by atoms with E-state index in [0.29, 0.717) is 34.7 Å². The Balaban J connectivity index is 1.41. The lowest BCUT2D eigenvalue weighted by Gasteiger charge is -2.33. The number of rotatable bonds is 3. The van der Waals surface area contributed by atoms with Gasteiger partial charge in [-0.25, -0.2) is 14.4 Å². The van der Waals surface area contributed by atoms with E-state index in [9.17, 15) is 9.18 Å². The number of nitrogens with one attached hydrogen (secondary N) is 1. The standard InChI is InChI=1S/C22H17FN6O2S/c1-28-10-13(8-27-28)21-24-9-17(32-21)22(30)29-6-5-15-18(26-11-25-15)19(29)16-7-12-3-2-4-14(23)20(12)31-16/h2-4,7-11,19H,5-6H2,1H3,(H,25,26)/t19-/m1/s1. The second kappa shape index (κ2) is 7.13. The summed E-state index contributed by atoms with van der Waals surface area (Å²) in [7, 11) is 1.83. The number of benzene rings is 1. The fourth-order valence-electron chi connectivity index (χ4n) is 4.15. The molecule has 10 heteroatoms. The molecule has 0 spiro atoms. The Labute approximate surface area is 185 Å². The molecule has 4 aromatic heterocycles. The van der Waals surface area contributed by atoms with Gasteiger partial charge in [-0.1, -0.05) is 12.1 Å². The van der Waals surface area contributed by atoms with E-state index in [1.807, 2.05) is 13.2 Å². The molecule has 1 aliphatic rings. The third-order valence-corrected chi connectivity index (χ3v) is 6.67. The summed E-state index contributed by atoms with van der Waals surface area (Å²) in [5, 5.41) is 5.54. The van der Waals surface area contributed by atoms with Crippen molar-refractivity contribution in [2.45, 2.75) is 12.5 Å². The maximum absolute atomic E-state index is 14.3. The average molecular weight is 448 g/mol. The van der Waals surface area contributed by atoms with Gasteiger partial charge in [-0.05, 0) is 12.1 Å². The van der Waals surface area contributed by atoms with E-state index in [4.69, 9.17) is 4.42 Å². The fraction of sp³-hybridized carbons (Fsp3) is 0.182. The largest absolute Gasteiger partial charge is 0.455 e. The molecule has 1 aromatic carbocycles. The van der Waals surface area contributed by atoms with Crippen LogP contribution in [-0.2, 0) is 13.5 Å². The molecule has 0 unspecified atom stereocenters. The van der Waals surface area contributed by atoms with E-state index in [-0.39, 0.29) is 11.5 Å². The molecule has 0 radical (unpaired) electrons. The van der Waals surface area contributed by atoms with E-state index >= 15 is 0 Å². The number of imidazole rings is 1. The number of hydrogen-bond acceptors (Lipinski definition) is 6. The predicted molar refractivity (Wildman–Crippen MR) is 116 cm³/mol. The molecule has 0 fully saturated rings. The second-order valence-electron chi connectivity index (χ2n) is 7.66. The molecule has 8 nitrogen and oxygen atoms in total. The van der Waals surface area contributed by atoms with Gasteiger partial charge in [0.1, 0.15) is 21.7 Å². The number of carbonyl (C=O) groups excluding carboxylic acids is 1. The Hall–Kier alpha value is -3.79. The molecular weight excluding hydrogens is 431 g/mol. The maximum atomic E-state index is 14.3. The van der Waals surface area contributed by atoms with Gasteiger partial charge in [0.15, 0.2) is 11.4 Å². The second-order valence-corrected chi connectivity index (χ2v) is 8.69. The van der Waals surface area contributed by atoms with E-state index in [1.165, 1.54) is 17.4 Å².